The molecule has 0 saturated heterocycles. The first-order valence-electron chi connectivity index (χ1n) is 5.55. The van der Waals surface area contributed by atoms with Gasteiger partial charge in [0.25, 0.3) is 0 Å². The van der Waals surface area contributed by atoms with Crippen molar-refractivity contribution in [2.75, 3.05) is 20.8 Å². The van der Waals surface area contributed by atoms with Gasteiger partial charge in [0, 0.05) is 23.6 Å². The molecule has 104 valence electrons. The lowest BCUT2D eigenvalue weighted by Crippen LogP contribution is -2.32. The predicted octanol–water partition coefficient (Wildman–Crippen LogP) is 2.14. The van der Waals surface area contributed by atoms with Crippen LogP contribution in [0.5, 0.6) is 11.5 Å². The topological polar surface area (TPSA) is 64.7 Å². The lowest BCUT2D eigenvalue weighted by molar-refractivity contribution is 0.131. The van der Waals surface area contributed by atoms with Crippen LogP contribution in [0.1, 0.15) is 25.5 Å². The SMILES string of the molecule is COc1cccc([C@H](N)C(C)(C)CO)c1OC.Cl. The summed E-state index contributed by atoms with van der Waals surface area (Å²) >= 11 is 0. The van der Waals surface area contributed by atoms with Crippen molar-refractivity contribution in [2.45, 2.75) is 19.9 Å². The Hall–Kier alpha value is -0.970. The third-order valence-electron chi connectivity index (χ3n) is 3.02. The number of halogens is 1. The molecule has 18 heavy (non-hydrogen) atoms. The first-order valence-corrected chi connectivity index (χ1v) is 5.55. The minimum Gasteiger partial charge on any atom is -0.493 e. The Bertz CT molecular complexity index is 382. The Morgan fingerprint density at radius 3 is 2.33 bits per heavy atom. The number of benzene rings is 1. The van der Waals surface area contributed by atoms with E-state index in [-0.39, 0.29) is 25.1 Å². The van der Waals surface area contributed by atoms with Crippen molar-refractivity contribution in [3.63, 3.8) is 0 Å². The predicted molar refractivity (Wildman–Crippen MR) is 74.6 cm³/mol. The molecule has 0 aliphatic rings. The summed E-state index contributed by atoms with van der Waals surface area (Å²) < 4.78 is 10.6. The number of aliphatic hydroxyl groups is 1. The standard InChI is InChI=1S/C13H21NO3.ClH/c1-13(2,8-15)12(14)9-6-5-7-10(16-3)11(9)17-4;/h5-7,12,15H,8,14H2,1-4H3;1H/t12-;/m0./s1. The summed E-state index contributed by atoms with van der Waals surface area (Å²) in [5, 5.41) is 9.36. The van der Waals surface area contributed by atoms with Crippen LogP contribution >= 0.6 is 12.4 Å². The van der Waals surface area contributed by atoms with Gasteiger partial charge in [-0.25, -0.2) is 0 Å². The van der Waals surface area contributed by atoms with Crippen molar-refractivity contribution in [1.82, 2.24) is 0 Å². The van der Waals surface area contributed by atoms with Crippen LogP contribution in [-0.4, -0.2) is 25.9 Å². The van der Waals surface area contributed by atoms with Crippen molar-refractivity contribution >= 4 is 12.4 Å². The van der Waals surface area contributed by atoms with E-state index in [1.54, 1.807) is 14.2 Å². The molecule has 0 fully saturated rings. The summed E-state index contributed by atoms with van der Waals surface area (Å²) in [5.74, 6) is 1.28. The molecule has 4 nitrogen and oxygen atoms in total. The summed E-state index contributed by atoms with van der Waals surface area (Å²) in [4.78, 5) is 0. The van der Waals surface area contributed by atoms with Crippen molar-refractivity contribution in [3.05, 3.63) is 23.8 Å². The minimum atomic E-state index is -0.417. The molecule has 0 aliphatic carbocycles. The molecular formula is C13H22ClNO3. The lowest BCUT2D eigenvalue weighted by Gasteiger charge is -2.31. The summed E-state index contributed by atoms with van der Waals surface area (Å²) in [6, 6.07) is 5.26. The summed E-state index contributed by atoms with van der Waals surface area (Å²) in [6.45, 7) is 3.84. The van der Waals surface area contributed by atoms with Gasteiger partial charge in [-0.05, 0) is 6.07 Å². The molecule has 0 spiro atoms. The number of para-hydroxylation sites is 1. The number of aliphatic hydroxyl groups excluding tert-OH is 1. The van der Waals surface area contributed by atoms with Gasteiger partial charge in [0.2, 0.25) is 0 Å². The molecule has 0 saturated carbocycles. The first kappa shape index (κ1) is 17.0. The summed E-state index contributed by atoms with van der Waals surface area (Å²) in [5.41, 5.74) is 6.61. The van der Waals surface area contributed by atoms with E-state index >= 15 is 0 Å². The number of hydrogen-bond acceptors (Lipinski definition) is 4. The van der Waals surface area contributed by atoms with Crippen LogP contribution < -0.4 is 15.2 Å². The van der Waals surface area contributed by atoms with Crippen molar-refractivity contribution in [2.24, 2.45) is 11.1 Å². The number of nitrogens with two attached hydrogens (primary N) is 1. The second-order valence-corrected chi connectivity index (χ2v) is 4.71. The Morgan fingerprint density at radius 1 is 1.28 bits per heavy atom. The molecule has 0 heterocycles. The molecule has 1 atom stereocenters. The molecule has 0 bridgehead atoms. The van der Waals surface area contributed by atoms with Crippen molar-refractivity contribution in [3.8, 4) is 11.5 Å². The highest BCUT2D eigenvalue weighted by Gasteiger charge is 2.30. The van der Waals surface area contributed by atoms with Gasteiger partial charge in [-0.15, -0.1) is 12.4 Å². The van der Waals surface area contributed by atoms with Crippen LogP contribution in [-0.2, 0) is 0 Å². The van der Waals surface area contributed by atoms with E-state index in [0.29, 0.717) is 11.5 Å². The third kappa shape index (κ3) is 3.28. The van der Waals surface area contributed by atoms with Crippen LogP contribution in [0.15, 0.2) is 18.2 Å². The van der Waals surface area contributed by atoms with Crippen molar-refractivity contribution < 1.29 is 14.6 Å². The fraction of sp³-hybridized carbons (Fsp3) is 0.538. The quantitative estimate of drug-likeness (QED) is 0.864. The number of hydrogen-bond donors (Lipinski definition) is 2. The van der Waals surface area contributed by atoms with Gasteiger partial charge in [-0.1, -0.05) is 26.0 Å². The third-order valence-corrected chi connectivity index (χ3v) is 3.02. The van der Waals surface area contributed by atoms with Gasteiger partial charge in [-0.3, -0.25) is 0 Å². The highest BCUT2D eigenvalue weighted by atomic mass is 35.5. The maximum absolute atomic E-state index is 9.36. The maximum atomic E-state index is 9.36. The van der Waals surface area contributed by atoms with Crippen LogP contribution in [0.25, 0.3) is 0 Å². The average Bonchev–Trinajstić information content (AvgIpc) is 2.36. The Morgan fingerprint density at radius 2 is 1.89 bits per heavy atom. The van der Waals surface area contributed by atoms with Crippen LogP contribution in [0.2, 0.25) is 0 Å². The summed E-state index contributed by atoms with van der Waals surface area (Å²) in [7, 11) is 3.17. The molecular weight excluding hydrogens is 254 g/mol. The highest BCUT2D eigenvalue weighted by molar-refractivity contribution is 5.85. The zero-order valence-electron chi connectivity index (χ0n) is 11.3. The monoisotopic (exact) mass is 275 g/mol. The lowest BCUT2D eigenvalue weighted by atomic mass is 9.81. The maximum Gasteiger partial charge on any atom is 0.165 e. The van der Waals surface area contributed by atoms with Gasteiger partial charge >= 0.3 is 0 Å². The molecule has 1 rings (SSSR count). The normalized spacial score (nSPS) is 12.6. The van der Waals surface area contributed by atoms with E-state index in [1.807, 2.05) is 32.0 Å². The first-order chi connectivity index (χ1) is 7.97. The molecule has 0 aliphatic heterocycles. The number of rotatable bonds is 5. The van der Waals surface area contributed by atoms with Gasteiger partial charge in [0.05, 0.1) is 14.2 Å². The van der Waals surface area contributed by atoms with Crippen LogP contribution in [0.4, 0.5) is 0 Å². The zero-order chi connectivity index (χ0) is 13.1. The zero-order valence-corrected chi connectivity index (χ0v) is 12.1. The second-order valence-electron chi connectivity index (χ2n) is 4.71. The van der Waals surface area contributed by atoms with Gasteiger partial charge in [0.15, 0.2) is 11.5 Å². The van der Waals surface area contributed by atoms with Crippen molar-refractivity contribution in [1.29, 1.82) is 0 Å². The second kappa shape index (κ2) is 6.83. The highest BCUT2D eigenvalue weighted by Crippen LogP contribution is 2.40. The Labute approximate surface area is 115 Å². The molecule has 3 N–H and O–H groups in total. The molecule has 0 aromatic heterocycles. The van der Waals surface area contributed by atoms with E-state index in [9.17, 15) is 5.11 Å². The Kier molecular flexibility index (Phi) is 6.46. The van der Waals surface area contributed by atoms with Gasteiger partial charge in [0.1, 0.15) is 0 Å². The number of ether oxygens (including phenoxy) is 2. The average molecular weight is 276 g/mol. The van der Waals surface area contributed by atoms with Crippen LogP contribution in [0, 0.1) is 5.41 Å². The molecule has 1 aromatic carbocycles. The molecule has 1 aromatic rings. The molecule has 0 unspecified atom stereocenters. The van der Waals surface area contributed by atoms with Gasteiger partial charge < -0.3 is 20.3 Å². The largest absolute Gasteiger partial charge is 0.493 e. The minimum absolute atomic E-state index is 0. The molecule has 0 radical (unpaired) electrons. The molecule has 0 amide bonds. The fourth-order valence-electron chi connectivity index (χ4n) is 1.68. The Balaban J connectivity index is 0.00000289. The number of methoxy groups -OCH3 is 2. The fourth-order valence-corrected chi connectivity index (χ4v) is 1.68. The molecule has 5 heteroatoms. The van der Waals surface area contributed by atoms with E-state index < -0.39 is 5.41 Å². The van der Waals surface area contributed by atoms with E-state index in [0.717, 1.165) is 5.56 Å². The van der Waals surface area contributed by atoms with E-state index in [1.165, 1.54) is 0 Å². The van der Waals surface area contributed by atoms with E-state index in [2.05, 4.69) is 0 Å². The summed E-state index contributed by atoms with van der Waals surface area (Å²) in [6.07, 6.45) is 0. The van der Waals surface area contributed by atoms with Gasteiger partial charge in [-0.2, -0.15) is 0 Å². The van der Waals surface area contributed by atoms with E-state index in [4.69, 9.17) is 15.2 Å². The smallest absolute Gasteiger partial charge is 0.165 e. The van der Waals surface area contributed by atoms with Crippen LogP contribution in [0.3, 0.4) is 0 Å².